The number of guanidine groups is 1. The predicted octanol–water partition coefficient (Wildman–Crippen LogP) is 3.49. The van der Waals surface area contributed by atoms with E-state index in [1.165, 1.54) is 6.07 Å². The summed E-state index contributed by atoms with van der Waals surface area (Å²) in [5, 5.41) is 6.29. The highest BCUT2D eigenvalue weighted by molar-refractivity contribution is 14.0. The topological polar surface area (TPSA) is 58.5 Å². The van der Waals surface area contributed by atoms with E-state index in [1.807, 2.05) is 18.2 Å². The molecule has 2 rings (SSSR count). The fraction of sp³-hybridized carbons (Fsp3) is 0.333. The minimum atomic E-state index is -0.233. The summed E-state index contributed by atoms with van der Waals surface area (Å²) in [5.41, 5.74) is 1.54. The van der Waals surface area contributed by atoms with Crippen LogP contribution >= 0.6 is 24.0 Å². The summed E-state index contributed by atoms with van der Waals surface area (Å²) in [5.74, 6) is 0.975. The molecule has 2 aromatic rings. The van der Waals surface area contributed by atoms with Crippen molar-refractivity contribution < 1.29 is 9.13 Å². The fourth-order valence-electron chi connectivity index (χ4n) is 2.11. The highest BCUT2D eigenvalue weighted by Gasteiger charge is 2.06. The number of nitrogens with zero attached hydrogens (tertiary/aromatic N) is 2. The monoisotopic (exact) mass is 458 g/mol. The van der Waals surface area contributed by atoms with Gasteiger partial charge in [0.2, 0.25) is 5.88 Å². The molecule has 0 aliphatic carbocycles. The molecule has 0 amide bonds. The van der Waals surface area contributed by atoms with Gasteiger partial charge in [-0.3, -0.25) is 4.99 Å². The zero-order valence-corrected chi connectivity index (χ0v) is 16.8. The van der Waals surface area contributed by atoms with Crippen LogP contribution in [0.2, 0.25) is 0 Å². The normalized spacial score (nSPS) is 10.8. The van der Waals surface area contributed by atoms with E-state index in [-0.39, 0.29) is 29.8 Å². The number of hydrogen-bond acceptors (Lipinski definition) is 3. The first-order valence-corrected chi connectivity index (χ1v) is 7.99. The molecule has 1 heterocycles. The molecule has 0 atom stereocenters. The van der Waals surface area contributed by atoms with Crippen LogP contribution in [0.4, 0.5) is 4.39 Å². The van der Waals surface area contributed by atoms with Crippen molar-refractivity contribution in [2.75, 3.05) is 13.7 Å². The van der Waals surface area contributed by atoms with E-state index in [4.69, 9.17) is 4.74 Å². The Hall–Kier alpha value is -1.90. The minimum Gasteiger partial charge on any atom is -0.477 e. The Labute approximate surface area is 165 Å². The summed E-state index contributed by atoms with van der Waals surface area (Å²) in [7, 11) is 1.68. The molecule has 0 bridgehead atoms. The van der Waals surface area contributed by atoms with E-state index in [1.54, 1.807) is 25.4 Å². The van der Waals surface area contributed by atoms with Crippen molar-refractivity contribution in [2.45, 2.75) is 26.4 Å². The summed E-state index contributed by atoms with van der Waals surface area (Å²) < 4.78 is 19.3. The van der Waals surface area contributed by atoms with Crippen LogP contribution < -0.4 is 15.4 Å². The number of aliphatic imine (C=N–C) groups is 1. The second-order valence-electron chi connectivity index (χ2n) is 5.19. The van der Waals surface area contributed by atoms with Crippen LogP contribution in [0.3, 0.4) is 0 Å². The molecule has 136 valence electrons. The average Bonchev–Trinajstić information content (AvgIpc) is 2.62. The third-order valence-electron chi connectivity index (χ3n) is 3.37. The fourth-order valence-corrected chi connectivity index (χ4v) is 2.11. The smallest absolute Gasteiger partial charge is 0.218 e. The van der Waals surface area contributed by atoms with Gasteiger partial charge in [0.15, 0.2) is 5.96 Å². The lowest BCUT2D eigenvalue weighted by Crippen LogP contribution is -2.36. The molecule has 0 aliphatic rings. The van der Waals surface area contributed by atoms with Gasteiger partial charge in [-0.25, -0.2) is 9.37 Å². The van der Waals surface area contributed by atoms with Gasteiger partial charge in [-0.2, -0.15) is 0 Å². The van der Waals surface area contributed by atoms with Crippen molar-refractivity contribution in [1.29, 1.82) is 0 Å². The second-order valence-corrected chi connectivity index (χ2v) is 5.19. The van der Waals surface area contributed by atoms with E-state index in [0.29, 0.717) is 37.1 Å². The number of nitrogens with one attached hydrogen (secondary N) is 2. The molecule has 1 aromatic carbocycles. The van der Waals surface area contributed by atoms with E-state index in [2.05, 4.69) is 27.5 Å². The van der Waals surface area contributed by atoms with E-state index in [9.17, 15) is 4.39 Å². The molecule has 25 heavy (non-hydrogen) atoms. The lowest BCUT2D eigenvalue weighted by Gasteiger charge is -2.14. The van der Waals surface area contributed by atoms with Crippen molar-refractivity contribution >= 4 is 29.9 Å². The zero-order chi connectivity index (χ0) is 17.2. The molecule has 0 saturated heterocycles. The quantitative estimate of drug-likeness (QED) is 0.379. The van der Waals surface area contributed by atoms with Crippen LogP contribution in [0, 0.1) is 5.82 Å². The maximum atomic E-state index is 13.6. The van der Waals surface area contributed by atoms with Gasteiger partial charge in [0.1, 0.15) is 5.82 Å². The number of hydrogen-bond donors (Lipinski definition) is 2. The molecule has 7 heteroatoms. The summed E-state index contributed by atoms with van der Waals surface area (Å²) in [4.78, 5) is 8.40. The van der Waals surface area contributed by atoms with Crippen LogP contribution in [0.1, 0.15) is 24.5 Å². The summed E-state index contributed by atoms with van der Waals surface area (Å²) >= 11 is 0. The second kappa shape index (κ2) is 11.6. The van der Waals surface area contributed by atoms with Gasteiger partial charge in [0.25, 0.3) is 0 Å². The van der Waals surface area contributed by atoms with Crippen LogP contribution in [-0.2, 0) is 13.1 Å². The highest BCUT2D eigenvalue weighted by atomic mass is 127. The third-order valence-corrected chi connectivity index (χ3v) is 3.37. The SMILES string of the molecule is CCCOc1ncccc1CNC(=NC)NCc1ccccc1F.I. The van der Waals surface area contributed by atoms with Gasteiger partial charge in [-0.1, -0.05) is 31.2 Å². The van der Waals surface area contributed by atoms with Gasteiger partial charge in [0.05, 0.1) is 6.61 Å². The Morgan fingerprint density at radius 2 is 1.80 bits per heavy atom. The largest absolute Gasteiger partial charge is 0.477 e. The molecule has 2 N–H and O–H groups in total. The van der Waals surface area contributed by atoms with Gasteiger partial charge < -0.3 is 15.4 Å². The molecule has 0 aliphatic heterocycles. The van der Waals surface area contributed by atoms with Crippen LogP contribution in [0.5, 0.6) is 5.88 Å². The van der Waals surface area contributed by atoms with Crippen LogP contribution in [-0.4, -0.2) is 24.6 Å². The van der Waals surface area contributed by atoms with Crippen LogP contribution in [0.25, 0.3) is 0 Å². The van der Waals surface area contributed by atoms with Gasteiger partial charge in [0, 0.05) is 37.5 Å². The van der Waals surface area contributed by atoms with Gasteiger partial charge >= 0.3 is 0 Å². The average molecular weight is 458 g/mol. The Morgan fingerprint density at radius 1 is 1.12 bits per heavy atom. The van der Waals surface area contributed by atoms with Crippen molar-refractivity contribution in [2.24, 2.45) is 4.99 Å². The molecule has 0 spiro atoms. The van der Waals surface area contributed by atoms with Crippen molar-refractivity contribution in [3.05, 3.63) is 59.5 Å². The summed E-state index contributed by atoms with van der Waals surface area (Å²) in [6.07, 6.45) is 2.63. The third kappa shape index (κ3) is 6.85. The first-order valence-electron chi connectivity index (χ1n) is 7.99. The number of pyridine rings is 1. The zero-order valence-electron chi connectivity index (χ0n) is 14.5. The number of halogens is 2. The van der Waals surface area contributed by atoms with Gasteiger partial charge in [-0.15, -0.1) is 24.0 Å². The number of rotatable bonds is 7. The molecule has 0 fully saturated rings. The molecule has 5 nitrogen and oxygen atoms in total. The highest BCUT2D eigenvalue weighted by Crippen LogP contribution is 2.14. The molecule has 0 radical (unpaired) electrons. The van der Waals surface area contributed by atoms with Crippen molar-refractivity contribution in [3.8, 4) is 5.88 Å². The van der Waals surface area contributed by atoms with E-state index >= 15 is 0 Å². The Kier molecular flexibility index (Phi) is 9.83. The van der Waals surface area contributed by atoms with Crippen molar-refractivity contribution in [3.63, 3.8) is 0 Å². The Morgan fingerprint density at radius 3 is 2.48 bits per heavy atom. The van der Waals surface area contributed by atoms with E-state index < -0.39 is 0 Å². The number of ether oxygens (including phenoxy) is 1. The lowest BCUT2D eigenvalue weighted by atomic mass is 10.2. The predicted molar refractivity (Wildman–Crippen MR) is 109 cm³/mol. The minimum absolute atomic E-state index is 0. The number of benzene rings is 1. The van der Waals surface area contributed by atoms with Crippen molar-refractivity contribution in [1.82, 2.24) is 15.6 Å². The molecule has 0 unspecified atom stereocenters. The number of aromatic nitrogens is 1. The Balaban J connectivity index is 0.00000312. The van der Waals surface area contributed by atoms with Crippen LogP contribution in [0.15, 0.2) is 47.6 Å². The maximum absolute atomic E-state index is 13.6. The first kappa shape index (κ1) is 21.1. The standard InChI is InChI=1S/C18H23FN4O.HI/c1-3-11-24-17-15(8-6-10-21-17)13-23-18(20-2)22-12-14-7-4-5-9-16(14)19;/h4-10H,3,11-13H2,1-2H3,(H2,20,22,23);1H. The van der Waals surface area contributed by atoms with Gasteiger partial charge in [-0.05, 0) is 18.6 Å². The molecular weight excluding hydrogens is 434 g/mol. The summed E-state index contributed by atoms with van der Waals surface area (Å²) in [6, 6.07) is 10.5. The Bertz CT molecular complexity index is 682. The first-order chi connectivity index (χ1) is 11.7. The molecule has 0 saturated carbocycles. The van der Waals surface area contributed by atoms with E-state index in [0.717, 1.165) is 12.0 Å². The molecule has 1 aromatic heterocycles. The summed E-state index contributed by atoms with van der Waals surface area (Å²) in [6.45, 7) is 3.56. The molecular formula is C18H24FIN4O. The lowest BCUT2D eigenvalue weighted by molar-refractivity contribution is 0.301. The maximum Gasteiger partial charge on any atom is 0.218 e.